The van der Waals surface area contributed by atoms with E-state index in [1.807, 2.05) is 6.07 Å². The van der Waals surface area contributed by atoms with Crippen LogP contribution < -0.4 is 11.4 Å². The number of ether oxygens (including phenoxy) is 1. The summed E-state index contributed by atoms with van der Waals surface area (Å²) >= 11 is 0. The molecular weight excluding hydrogens is 506 g/mol. The molecule has 2 aliphatic rings. The first-order chi connectivity index (χ1) is 18.9. The number of hydrogen-bond acceptors (Lipinski definition) is 6. The monoisotopic (exact) mass is 534 g/mol. The largest absolute Gasteiger partial charge is 0.440 e. The number of H-pyrrole nitrogens is 1. The molecule has 6 rings (SSSR count). The summed E-state index contributed by atoms with van der Waals surface area (Å²) in [6, 6.07) is 10.5. The van der Waals surface area contributed by atoms with E-state index in [9.17, 15) is 18.4 Å². The van der Waals surface area contributed by atoms with Crippen LogP contribution in [0.4, 0.5) is 13.6 Å². The molecule has 202 valence electrons. The number of nitrogens with one attached hydrogen (secondary N) is 1. The van der Waals surface area contributed by atoms with Gasteiger partial charge >= 0.3 is 11.8 Å². The highest BCUT2D eigenvalue weighted by molar-refractivity contribution is 5.70. The van der Waals surface area contributed by atoms with E-state index in [1.54, 1.807) is 46.1 Å². The Balaban J connectivity index is 1.18. The van der Waals surface area contributed by atoms with Crippen LogP contribution in [0.25, 0.3) is 11.2 Å². The number of rotatable bonds is 3. The quantitative estimate of drug-likeness (QED) is 0.374. The van der Waals surface area contributed by atoms with Gasteiger partial charge in [-0.25, -0.2) is 23.4 Å². The SMILES string of the molecule is NC1c2cccnc2[C@H](OC(=O)N2CCC(n3c(=O)[nH]c4ncccc43)CC2)CCC1c1cccc(F)c1F. The number of hydrogen-bond donors (Lipinski definition) is 2. The zero-order valence-electron chi connectivity index (χ0n) is 21.1. The minimum Gasteiger partial charge on any atom is -0.440 e. The van der Waals surface area contributed by atoms with E-state index in [4.69, 9.17) is 10.5 Å². The molecule has 1 aliphatic carbocycles. The lowest BCUT2D eigenvalue weighted by atomic mass is 9.86. The van der Waals surface area contributed by atoms with Crippen molar-refractivity contribution < 1.29 is 18.3 Å². The highest BCUT2D eigenvalue weighted by Gasteiger charge is 2.36. The van der Waals surface area contributed by atoms with E-state index < -0.39 is 35.8 Å². The smallest absolute Gasteiger partial charge is 0.410 e. The van der Waals surface area contributed by atoms with E-state index >= 15 is 0 Å². The van der Waals surface area contributed by atoms with Gasteiger partial charge in [-0.05, 0) is 61.1 Å². The molecule has 0 spiro atoms. The van der Waals surface area contributed by atoms with Gasteiger partial charge in [0.15, 0.2) is 17.3 Å². The standard InChI is InChI=1S/C28H28F2N6O3/c29-20-6-1-4-17(23(20)30)18-8-9-22(25-19(24(18)31)5-2-12-32-25)39-28(38)35-14-10-16(11-15-35)36-21-7-3-13-33-26(21)34-27(36)37/h1-7,12-13,16,18,22,24H,8-11,14-15,31H2,(H,33,34,37)/t18?,22-,24?/m1/s1. The number of nitrogens with two attached hydrogens (primary N) is 1. The maximum Gasteiger partial charge on any atom is 0.410 e. The van der Waals surface area contributed by atoms with E-state index in [0.717, 1.165) is 11.6 Å². The highest BCUT2D eigenvalue weighted by atomic mass is 19.2. The molecule has 0 radical (unpaired) electrons. The third kappa shape index (κ3) is 4.56. The fourth-order valence-electron chi connectivity index (χ4n) is 5.94. The van der Waals surface area contributed by atoms with Gasteiger partial charge in [-0.2, -0.15) is 0 Å². The number of likely N-dealkylation sites (tertiary alicyclic amines) is 1. The number of aromatic amines is 1. The van der Waals surface area contributed by atoms with Crippen molar-refractivity contribution in [1.82, 2.24) is 24.4 Å². The average molecular weight is 535 g/mol. The Kier molecular flexibility index (Phi) is 6.59. The maximum absolute atomic E-state index is 14.7. The summed E-state index contributed by atoms with van der Waals surface area (Å²) < 4.78 is 36.4. The Bertz CT molecular complexity index is 1580. The van der Waals surface area contributed by atoms with Gasteiger partial charge in [0.1, 0.15) is 6.10 Å². The second-order valence-corrected chi connectivity index (χ2v) is 10.1. The molecule has 2 unspecified atom stereocenters. The maximum atomic E-state index is 14.7. The molecule has 1 amide bonds. The van der Waals surface area contributed by atoms with Crippen LogP contribution in [0.2, 0.25) is 0 Å². The van der Waals surface area contributed by atoms with Gasteiger partial charge in [-0.1, -0.05) is 18.2 Å². The zero-order valence-corrected chi connectivity index (χ0v) is 21.1. The van der Waals surface area contributed by atoms with Crippen molar-refractivity contribution in [3.63, 3.8) is 0 Å². The summed E-state index contributed by atoms with van der Waals surface area (Å²) in [4.78, 5) is 38.9. The highest BCUT2D eigenvalue weighted by Crippen LogP contribution is 2.43. The van der Waals surface area contributed by atoms with Crippen molar-refractivity contribution in [2.24, 2.45) is 5.73 Å². The molecular formula is C28H28F2N6O3. The van der Waals surface area contributed by atoms with E-state index in [0.29, 0.717) is 55.7 Å². The molecule has 1 aliphatic heterocycles. The summed E-state index contributed by atoms with van der Waals surface area (Å²) in [6.07, 6.45) is 3.99. The normalized spacial score (nSPS) is 21.9. The van der Waals surface area contributed by atoms with Gasteiger partial charge in [-0.15, -0.1) is 0 Å². The van der Waals surface area contributed by atoms with Crippen LogP contribution in [-0.2, 0) is 4.74 Å². The third-order valence-electron chi connectivity index (χ3n) is 7.91. The summed E-state index contributed by atoms with van der Waals surface area (Å²) in [7, 11) is 0. The van der Waals surface area contributed by atoms with Gasteiger partial charge in [0.2, 0.25) is 0 Å². The van der Waals surface area contributed by atoms with Gasteiger partial charge in [0.05, 0.1) is 11.2 Å². The lowest BCUT2D eigenvalue weighted by Crippen LogP contribution is -2.41. The molecule has 1 aromatic carbocycles. The Morgan fingerprint density at radius 1 is 0.974 bits per heavy atom. The average Bonchev–Trinajstić information content (AvgIpc) is 3.23. The number of carbonyl (C=O) groups excluding carboxylic acids is 1. The minimum absolute atomic E-state index is 0.0697. The molecule has 0 saturated carbocycles. The van der Waals surface area contributed by atoms with Gasteiger partial charge in [0.25, 0.3) is 0 Å². The fraction of sp³-hybridized carbons (Fsp3) is 0.357. The minimum atomic E-state index is -0.923. The second kappa shape index (κ2) is 10.2. The number of carbonyl (C=O) groups is 1. The fourth-order valence-corrected chi connectivity index (χ4v) is 5.94. The first-order valence-corrected chi connectivity index (χ1v) is 13.1. The van der Waals surface area contributed by atoms with Crippen molar-refractivity contribution in [2.45, 2.75) is 49.8 Å². The predicted octanol–water partition coefficient (Wildman–Crippen LogP) is 4.49. The molecule has 3 atom stereocenters. The number of piperidine rings is 1. The number of nitrogens with zero attached hydrogens (tertiary/aromatic N) is 4. The van der Waals surface area contributed by atoms with E-state index in [-0.39, 0.29) is 17.3 Å². The van der Waals surface area contributed by atoms with E-state index in [1.165, 1.54) is 6.07 Å². The van der Waals surface area contributed by atoms with Crippen LogP contribution in [0.1, 0.15) is 66.6 Å². The number of imidazole rings is 1. The number of amides is 1. The Labute approximate surface area is 222 Å². The van der Waals surface area contributed by atoms with Crippen molar-refractivity contribution in [2.75, 3.05) is 13.1 Å². The number of aromatic nitrogens is 4. The first-order valence-electron chi connectivity index (χ1n) is 13.1. The topological polar surface area (TPSA) is 119 Å². The van der Waals surface area contributed by atoms with Crippen LogP contribution in [0, 0.1) is 11.6 Å². The van der Waals surface area contributed by atoms with Crippen molar-refractivity contribution in [1.29, 1.82) is 0 Å². The first kappa shape index (κ1) is 25.2. The summed E-state index contributed by atoms with van der Waals surface area (Å²) in [5.41, 5.74) is 9.02. The summed E-state index contributed by atoms with van der Waals surface area (Å²) in [5.74, 6) is -2.34. The third-order valence-corrected chi connectivity index (χ3v) is 7.91. The lowest BCUT2D eigenvalue weighted by Gasteiger charge is -2.33. The van der Waals surface area contributed by atoms with Gasteiger partial charge < -0.3 is 15.4 Å². The van der Waals surface area contributed by atoms with Crippen LogP contribution in [0.5, 0.6) is 0 Å². The molecule has 4 aromatic rings. The molecule has 1 fully saturated rings. The van der Waals surface area contributed by atoms with Crippen molar-refractivity contribution >= 4 is 17.3 Å². The number of fused-ring (bicyclic) bond motifs is 2. The van der Waals surface area contributed by atoms with E-state index in [2.05, 4.69) is 15.0 Å². The molecule has 3 N–H and O–H groups in total. The molecule has 3 aromatic heterocycles. The Morgan fingerprint density at radius 2 is 1.72 bits per heavy atom. The number of benzene rings is 1. The summed E-state index contributed by atoms with van der Waals surface area (Å²) in [6.45, 7) is 0.836. The van der Waals surface area contributed by atoms with Gasteiger partial charge in [-0.3, -0.25) is 14.5 Å². The van der Waals surface area contributed by atoms with Crippen molar-refractivity contribution in [3.05, 3.63) is 93.8 Å². The zero-order chi connectivity index (χ0) is 27.1. The van der Waals surface area contributed by atoms with Crippen LogP contribution >= 0.6 is 0 Å². The van der Waals surface area contributed by atoms with Gasteiger partial charge in [0, 0.05) is 43.5 Å². The lowest BCUT2D eigenvalue weighted by molar-refractivity contribution is 0.0472. The Hall–Kier alpha value is -4.12. The molecule has 4 heterocycles. The number of halogens is 2. The van der Waals surface area contributed by atoms with Crippen molar-refractivity contribution in [3.8, 4) is 0 Å². The molecule has 1 saturated heterocycles. The molecule has 11 heteroatoms. The Morgan fingerprint density at radius 3 is 2.54 bits per heavy atom. The van der Waals surface area contributed by atoms with Crippen LogP contribution in [0.3, 0.4) is 0 Å². The molecule has 0 bridgehead atoms. The van der Waals surface area contributed by atoms with Crippen LogP contribution in [0.15, 0.2) is 59.7 Å². The van der Waals surface area contributed by atoms with Crippen LogP contribution in [-0.4, -0.2) is 43.6 Å². The predicted molar refractivity (Wildman–Crippen MR) is 139 cm³/mol. The second-order valence-electron chi connectivity index (χ2n) is 10.1. The summed E-state index contributed by atoms with van der Waals surface area (Å²) in [5, 5.41) is 0. The number of pyridine rings is 2. The molecule has 39 heavy (non-hydrogen) atoms. The molecule has 9 nitrogen and oxygen atoms in total.